The quantitative estimate of drug-likeness (QED) is 0.0952. The van der Waals surface area contributed by atoms with E-state index in [0.717, 1.165) is 61.2 Å². The van der Waals surface area contributed by atoms with E-state index in [1.807, 2.05) is 54.6 Å². The van der Waals surface area contributed by atoms with Crippen molar-refractivity contribution in [2.75, 3.05) is 59.0 Å². The molecule has 13 heteroatoms. The predicted octanol–water partition coefficient (Wildman–Crippen LogP) is 4.37. The molecule has 0 spiro atoms. The molecule has 6 rings (SSSR count). The van der Waals surface area contributed by atoms with Gasteiger partial charge in [-0.25, -0.2) is 4.79 Å². The highest BCUT2D eigenvalue weighted by molar-refractivity contribution is 5.72. The molecule has 3 heterocycles. The van der Waals surface area contributed by atoms with Gasteiger partial charge >= 0.3 is 24.0 Å². The van der Waals surface area contributed by atoms with E-state index in [1.54, 1.807) is 23.1 Å². The zero-order chi connectivity index (χ0) is 40.1. The Kier molecular flexibility index (Phi) is 14.9. The van der Waals surface area contributed by atoms with Gasteiger partial charge < -0.3 is 45.6 Å². The molecule has 3 aliphatic rings. The minimum Gasteiger partial charge on any atom is -0.492 e. The lowest BCUT2D eigenvalue weighted by Crippen LogP contribution is -2.38. The second-order valence-electron chi connectivity index (χ2n) is 15.8. The van der Waals surface area contributed by atoms with Crippen LogP contribution in [-0.2, 0) is 40.1 Å². The number of carboxylic acid groups (broad SMARTS) is 3. The Balaban J connectivity index is 1.13. The van der Waals surface area contributed by atoms with Crippen LogP contribution in [-0.4, -0.2) is 103 Å². The van der Waals surface area contributed by atoms with Crippen molar-refractivity contribution >= 4 is 24.0 Å². The lowest BCUT2D eigenvalue weighted by Gasteiger charge is -2.23. The summed E-state index contributed by atoms with van der Waals surface area (Å²) in [5.41, 5.74) is 3.53. The second kappa shape index (κ2) is 20.4. The lowest BCUT2D eigenvalue weighted by molar-refractivity contribution is -0.144. The number of carboxylic acids is 3. The highest BCUT2D eigenvalue weighted by atomic mass is 16.6. The van der Waals surface area contributed by atoms with Gasteiger partial charge in [-0.1, -0.05) is 48.5 Å². The molecule has 306 valence electrons. The molecular weight excluding hydrogens is 729 g/mol. The Hall–Kier alpha value is -4.98. The molecule has 0 saturated carbocycles. The molecular formula is C44H56N4O9. The molecule has 3 saturated heterocycles. The Morgan fingerprint density at radius 3 is 1.51 bits per heavy atom. The molecule has 0 radical (unpaired) electrons. The van der Waals surface area contributed by atoms with Crippen LogP contribution in [0, 0.1) is 35.5 Å². The minimum absolute atomic E-state index is 0.0290. The molecule has 6 unspecified atom stereocenters. The summed E-state index contributed by atoms with van der Waals surface area (Å²) in [4.78, 5) is 51.9. The van der Waals surface area contributed by atoms with Crippen LogP contribution in [0.2, 0.25) is 0 Å². The number of rotatable bonds is 20. The second-order valence-corrected chi connectivity index (χ2v) is 15.8. The number of carbonyl (C=O) groups is 4. The van der Waals surface area contributed by atoms with Gasteiger partial charge in [-0.2, -0.15) is 0 Å². The van der Waals surface area contributed by atoms with E-state index in [9.17, 15) is 34.5 Å². The van der Waals surface area contributed by atoms with Crippen molar-refractivity contribution in [1.82, 2.24) is 20.9 Å². The monoisotopic (exact) mass is 784 g/mol. The molecule has 3 fully saturated rings. The molecule has 1 amide bonds. The first-order valence-corrected chi connectivity index (χ1v) is 20.3. The van der Waals surface area contributed by atoms with Crippen LogP contribution in [0.1, 0.15) is 41.5 Å². The van der Waals surface area contributed by atoms with Crippen LogP contribution in [0.25, 0.3) is 0 Å². The van der Waals surface area contributed by atoms with Crippen LogP contribution >= 0.6 is 0 Å². The van der Waals surface area contributed by atoms with Gasteiger partial charge in [0.25, 0.3) is 0 Å². The Labute approximate surface area is 334 Å². The number of amides is 1. The highest BCUT2D eigenvalue weighted by Gasteiger charge is 2.33. The largest absolute Gasteiger partial charge is 0.492 e. The summed E-state index contributed by atoms with van der Waals surface area (Å²) in [5, 5.41) is 39.7. The van der Waals surface area contributed by atoms with E-state index in [2.05, 4.69) is 16.0 Å². The van der Waals surface area contributed by atoms with Crippen molar-refractivity contribution in [3.05, 3.63) is 95.1 Å². The number of aliphatic carboxylic acids is 3. The number of nitrogens with one attached hydrogen (secondary N) is 3. The van der Waals surface area contributed by atoms with Crippen molar-refractivity contribution in [1.29, 1.82) is 0 Å². The molecule has 3 aromatic rings. The maximum absolute atomic E-state index is 13.8. The molecule has 13 nitrogen and oxygen atoms in total. The first-order chi connectivity index (χ1) is 27.6. The van der Waals surface area contributed by atoms with Crippen molar-refractivity contribution in [2.24, 2.45) is 35.5 Å². The third kappa shape index (κ3) is 12.0. The minimum atomic E-state index is -0.839. The highest BCUT2D eigenvalue weighted by Crippen LogP contribution is 2.28. The fraction of sp³-hybridized carbons (Fsp3) is 0.500. The number of hydrogen-bond donors (Lipinski definition) is 6. The van der Waals surface area contributed by atoms with Crippen molar-refractivity contribution < 1.29 is 44.0 Å². The third-order valence-electron chi connectivity index (χ3n) is 11.9. The van der Waals surface area contributed by atoms with Crippen LogP contribution in [0.4, 0.5) is 4.79 Å². The van der Waals surface area contributed by atoms with Gasteiger partial charge in [-0.05, 0) is 148 Å². The first kappa shape index (κ1) is 41.6. The molecule has 57 heavy (non-hydrogen) atoms. The number of nitrogens with zero attached hydrogens (tertiary/aromatic N) is 1. The maximum atomic E-state index is 13.8. The van der Waals surface area contributed by atoms with E-state index in [-0.39, 0.29) is 30.9 Å². The van der Waals surface area contributed by atoms with Gasteiger partial charge in [0.1, 0.15) is 18.1 Å². The SMILES string of the molecule is O=C(O)C(Cc1cccc(CCN(CCOc2cccc(CC(C(=O)O)C3CCNC3)c2)C(=O)Oc2cccc(CC(C(=O)O)C3CCNC3)c2)c1)C1CCNC1. The molecule has 3 aliphatic heterocycles. The summed E-state index contributed by atoms with van der Waals surface area (Å²) in [7, 11) is 0. The topological polar surface area (TPSA) is 187 Å². The van der Waals surface area contributed by atoms with E-state index in [0.29, 0.717) is 63.4 Å². The maximum Gasteiger partial charge on any atom is 0.415 e. The Morgan fingerprint density at radius 2 is 1.04 bits per heavy atom. The van der Waals surface area contributed by atoms with Gasteiger partial charge in [0, 0.05) is 6.54 Å². The fourth-order valence-electron chi connectivity index (χ4n) is 8.60. The van der Waals surface area contributed by atoms with Crippen LogP contribution in [0.15, 0.2) is 72.8 Å². The van der Waals surface area contributed by atoms with Crippen molar-refractivity contribution in [2.45, 2.75) is 44.9 Å². The molecule has 3 aromatic carbocycles. The average Bonchev–Trinajstić information content (AvgIpc) is 4.02. The normalized spacial score (nSPS) is 20.7. The Bertz CT molecular complexity index is 1820. The zero-order valence-electron chi connectivity index (χ0n) is 32.4. The number of carbonyl (C=O) groups excluding carboxylic acids is 1. The van der Waals surface area contributed by atoms with Gasteiger partial charge in [0.05, 0.1) is 24.3 Å². The zero-order valence-corrected chi connectivity index (χ0v) is 32.4. The number of hydrogen-bond acceptors (Lipinski definition) is 9. The van der Waals surface area contributed by atoms with Gasteiger partial charge in [0.2, 0.25) is 0 Å². The van der Waals surface area contributed by atoms with Gasteiger partial charge in [0.15, 0.2) is 0 Å². The van der Waals surface area contributed by atoms with Crippen LogP contribution < -0.4 is 25.4 Å². The predicted molar refractivity (Wildman–Crippen MR) is 214 cm³/mol. The molecule has 6 N–H and O–H groups in total. The molecule has 0 bridgehead atoms. The van der Waals surface area contributed by atoms with Crippen LogP contribution in [0.5, 0.6) is 11.5 Å². The lowest BCUT2D eigenvalue weighted by atomic mass is 9.86. The summed E-state index contributed by atoms with van der Waals surface area (Å²) >= 11 is 0. The smallest absolute Gasteiger partial charge is 0.415 e. The fourth-order valence-corrected chi connectivity index (χ4v) is 8.60. The molecule has 6 atom stereocenters. The van der Waals surface area contributed by atoms with Crippen molar-refractivity contribution in [3.8, 4) is 11.5 Å². The summed E-state index contributed by atoms with van der Waals surface area (Å²) in [6.45, 7) is 5.13. The van der Waals surface area contributed by atoms with Crippen LogP contribution in [0.3, 0.4) is 0 Å². The summed E-state index contributed by atoms with van der Waals surface area (Å²) in [5.74, 6) is -2.90. The summed E-state index contributed by atoms with van der Waals surface area (Å²) in [6.07, 6.45) is 3.52. The van der Waals surface area contributed by atoms with E-state index in [4.69, 9.17) is 9.47 Å². The summed E-state index contributed by atoms with van der Waals surface area (Å²) < 4.78 is 12.0. The third-order valence-corrected chi connectivity index (χ3v) is 11.9. The standard InChI is InChI=1S/C44H56N4O9/c49-41(50)38(33-10-14-45-26-33)23-30-5-1-4-29(20-30)13-17-48(18-19-56-36-8-2-6-31(21-36)24-39(42(51)52)34-11-15-46-27-34)44(55)57-37-9-3-7-32(22-37)25-40(43(53)54)35-12-16-47-28-35/h1-9,20-22,33-35,38-40,45-47H,10-19,23-28H2,(H,49,50)(H,51,52)(H,53,54). The average molecular weight is 785 g/mol. The van der Waals surface area contributed by atoms with Crippen molar-refractivity contribution in [3.63, 3.8) is 0 Å². The number of benzene rings is 3. The number of ether oxygens (including phenoxy) is 2. The van der Waals surface area contributed by atoms with Gasteiger partial charge in [-0.15, -0.1) is 0 Å². The van der Waals surface area contributed by atoms with Gasteiger partial charge in [-0.3, -0.25) is 14.4 Å². The summed E-state index contributed by atoms with van der Waals surface area (Å²) in [6, 6.07) is 22.3. The molecule has 0 aliphatic carbocycles. The van der Waals surface area contributed by atoms with E-state index >= 15 is 0 Å². The molecule has 0 aromatic heterocycles. The van der Waals surface area contributed by atoms with E-state index in [1.165, 1.54) is 0 Å². The van der Waals surface area contributed by atoms with E-state index < -0.39 is 41.8 Å². The Morgan fingerprint density at radius 1 is 0.596 bits per heavy atom. The first-order valence-electron chi connectivity index (χ1n) is 20.3.